The smallest absolute Gasteiger partial charge is 0.357 e. The SMILES string of the molecule is CCOC(=O)c1cc(COc2ccccc2)nn1S(=O)(=O)N(C)C. The Morgan fingerprint density at radius 1 is 1.25 bits per heavy atom. The van der Waals surface area contributed by atoms with Gasteiger partial charge in [0.05, 0.1) is 6.61 Å². The van der Waals surface area contributed by atoms with Crippen molar-refractivity contribution in [1.82, 2.24) is 13.5 Å². The minimum atomic E-state index is -3.95. The van der Waals surface area contributed by atoms with Crippen LogP contribution in [0.2, 0.25) is 0 Å². The first-order valence-corrected chi connectivity index (χ1v) is 8.63. The highest BCUT2D eigenvalue weighted by Crippen LogP contribution is 2.15. The molecule has 1 aromatic carbocycles. The normalized spacial score (nSPS) is 11.5. The van der Waals surface area contributed by atoms with E-state index in [2.05, 4.69) is 5.10 Å². The molecule has 24 heavy (non-hydrogen) atoms. The standard InChI is InChI=1S/C15H19N3O5S/c1-4-22-15(19)14-10-12(11-23-13-8-6-5-7-9-13)16-18(14)24(20,21)17(2)3/h5-10H,4,11H2,1-3H3. The highest BCUT2D eigenvalue weighted by Gasteiger charge is 2.27. The zero-order valence-corrected chi connectivity index (χ0v) is 14.5. The lowest BCUT2D eigenvalue weighted by molar-refractivity contribution is 0.0517. The third-order valence-corrected chi connectivity index (χ3v) is 4.66. The molecule has 130 valence electrons. The van der Waals surface area contributed by atoms with Gasteiger partial charge < -0.3 is 9.47 Å². The summed E-state index contributed by atoms with van der Waals surface area (Å²) in [5.74, 6) is -0.151. The van der Waals surface area contributed by atoms with Crippen molar-refractivity contribution in [3.05, 3.63) is 47.8 Å². The number of carbonyl (C=O) groups is 1. The Labute approximate surface area is 140 Å². The molecule has 0 fully saturated rings. The van der Waals surface area contributed by atoms with E-state index in [-0.39, 0.29) is 18.9 Å². The molecule has 8 nitrogen and oxygen atoms in total. The Kier molecular flexibility index (Phi) is 5.58. The molecular weight excluding hydrogens is 334 g/mol. The van der Waals surface area contributed by atoms with Gasteiger partial charge in [-0.1, -0.05) is 18.2 Å². The summed E-state index contributed by atoms with van der Waals surface area (Å²) in [5.41, 5.74) is 0.129. The van der Waals surface area contributed by atoms with E-state index in [4.69, 9.17) is 9.47 Å². The molecule has 1 heterocycles. The maximum atomic E-state index is 12.3. The molecule has 0 atom stereocenters. The van der Waals surface area contributed by atoms with Gasteiger partial charge in [0.2, 0.25) is 0 Å². The van der Waals surface area contributed by atoms with Crippen LogP contribution >= 0.6 is 0 Å². The zero-order valence-electron chi connectivity index (χ0n) is 13.7. The lowest BCUT2D eigenvalue weighted by Crippen LogP contribution is -2.32. The lowest BCUT2D eigenvalue weighted by Gasteiger charge is -2.12. The van der Waals surface area contributed by atoms with Crippen LogP contribution in [0.4, 0.5) is 0 Å². The van der Waals surface area contributed by atoms with E-state index in [0.29, 0.717) is 15.5 Å². The first-order valence-electron chi connectivity index (χ1n) is 7.23. The fourth-order valence-corrected chi connectivity index (χ4v) is 2.72. The van der Waals surface area contributed by atoms with Crippen LogP contribution in [0, 0.1) is 0 Å². The molecule has 0 aliphatic heterocycles. The van der Waals surface area contributed by atoms with Crippen molar-refractivity contribution in [2.45, 2.75) is 13.5 Å². The number of rotatable bonds is 7. The van der Waals surface area contributed by atoms with Crippen molar-refractivity contribution in [2.75, 3.05) is 20.7 Å². The van der Waals surface area contributed by atoms with Crippen molar-refractivity contribution >= 4 is 16.2 Å². The molecule has 0 N–H and O–H groups in total. The molecule has 9 heteroatoms. The molecule has 0 aliphatic carbocycles. The molecule has 2 rings (SSSR count). The highest BCUT2D eigenvalue weighted by atomic mass is 32.2. The number of para-hydroxylation sites is 1. The van der Waals surface area contributed by atoms with E-state index in [1.165, 1.54) is 20.2 Å². The minimum Gasteiger partial charge on any atom is -0.487 e. The van der Waals surface area contributed by atoms with Gasteiger partial charge in [-0.15, -0.1) is 4.09 Å². The van der Waals surface area contributed by atoms with Crippen molar-refractivity contribution in [2.24, 2.45) is 0 Å². The van der Waals surface area contributed by atoms with Gasteiger partial charge in [0, 0.05) is 14.1 Å². The number of aromatic nitrogens is 2. The fourth-order valence-electron chi connectivity index (χ4n) is 1.83. The van der Waals surface area contributed by atoms with Gasteiger partial charge in [0.1, 0.15) is 18.1 Å². The number of esters is 1. The number of hydrogen-bond acceptors (Lipinski definition) is 6. The van der Waals surface area contributed by atoms with E-state index in [1.54, 1.807) is 19.1 Å². The second kappa shape index (κ2) is 7.45. The second-order valence-corrected chi connectivity index (χ2v) is 6.95. The average molecular weight is 353 g/mol. The molecule has 0 saturated heterocycles. The average Bonchev–Trinajstić information content (AvgIpc) is 2.99. The molecule has 0 amide bonds. The maximum absolute atomic E-state index is 12.3. The third-order valence-electron chi connectivity index (χ3n) is 3.02. The van der Waals surface area contributed by atoms with Crippen LogP contribution in [0.1, 0.15) is 23.1 Å². The van der Waals surface area contributed by atoms with Crippen LogP contribution in [-0.4, -0.2) is 48.6 Å². The molecule has 0 bridgehead atoms. The second-order valence-electron chi connectivity index (χ2n) is 4.98. The predicted octanol–water partition coefficient (Wildman–Crippen LogP) is 1.29. The summed E-state index contributed by atoms with van der Waals surface area (Å²) in [7, 11) is -1.24. The summed E-state index contributed by atoms with van der Waals surface area (Å²) >= 11 is 0. The maximum Gasteiger partial charge on any atom is 0.357 e. The minimum absolute atomic E-state index is 0.0202. The van der Waals surface area contributed by atoms with Crippen molar-refractivity contribution in [3.63, 3.8) is 0 Å². The van der Waals surface area contributed by atoms with E-state index in [0.717, 1.165) is 4.31 Å². The third kappa shape index (κ3) is 3.92. The van der Waals surface area contributed by atoms with E-state index in [1.807, 2.05) is 18.2 Å². The summed E-state index contributed by atoms with van der Waals surface area (Å²) in [6, 6.07) is 10.4. The van der Waals surface area contributed by atoms with Gasteiger partial charge in [-0.3, -0.25) is 0 Å². The van der Waals surface area contributed by atoms with Gasteiger partial charge in [-0.25, -0.2) is 4.79 Å². The predicted molar refractivity (Wildman–Crippen MR) is 87.0 cm³/mol. The van der Waals surface area contributed by atoms with Crippen molar-refractivity contribution in [3.8, 4) is 5.75 Å². The Hall–Kier alpha value is -2.39. The molecule has 0 unspecified atom stereocenters. The summed E-state index contributed by atoms with van der Waals surface area (Å²) in [4.78, 5) is 12.0. The van der Waals surface area contributed by atoms with Gasteiger partial charge in [-0.2, -0.15) is 17.8 Å². The zero-order chi connectivity index (χ0) is 17.7. The molecule has 2 aromatic rings. The van der Waals surface area contributed by atoms with E-state index in [9.17, 15) is 13.2 Å². The molecule has 0 spiro atoms. The number of nitrogens with zero attached hydrogens (tertiary/aromatic N) is 3. The molecule has 0 radical (unpaired) electrons. The summed E-state index contributed by atoms with van der Waals surface area (Å²) in [6.07, 6.45) is 0. The van der Waals surface area contributed by atoms with Gasteiger partial charge >= 0.3 is 16.2 Å². The van der Waals surface area contributed by atoms with Gasteiger partial charge in [0.15, 0.2) is 5.69 Å². The number of hydrogen-bond donors (Lipinski definition) is 0. The van der Waals surface area contributed by atoms with Crippen LogP contribution in [0.15, 0.2) is 36.4 Å². The first-order chi connectivity index (χ1) is 11.4. The highest BCUT2D eigenvalue weighted by molar-refractivity contribution is 7.87. The van der Waals surface area contributed by atoms with Gasteiger partial charge in [0.25, 0.3) is 0 Å². The van der Waals surface area contributed by atoms with Crippen molar-refractivity contribution < 1.29 is 22.7 Å². The van der Waals surface area contributed by atoms with Crippen LogP contribution < -0.4 is 4.74 Å². The summed E-state index contributed by atoms with van der Waals surface area (Å²) in [5, 5.41) is 3.98. The Bertz CT molecular complexity index is 800. The number of ether oxygens (including phenoxy) is 2. The van der Waals surface area contributed by atoms with Gasteiger partial charge in [-0.05, 0) is 25.1 Å². The molecule has 1 aromatic heterocycles. The number of benzene rings is 1. The Morgan fingerprint density at radius 3 is 2.50 bits per heavy atom. The van der Waals surface area contributed by atoms with Crippen molar-refractivity contribution in [1.29, 1.82) is 0 Å². The van der Waals surface area contributed by atoms with Crippen LogP contribution in [-0.2, 0) is 21.6 Å². The van der Waals surface area contributed by atoms with E-state index < -0.39 is 16.2 Å². The van der Waals surface area contributed by atoms with Crippen LogP contribution in [0.5, 0.6) is 5.75 Å². The van der Waals surface area contributed by atoms with E-state index >= 15 is 0 Å². The quantitative estimate of drug-likeness (QED) is 0.697. The first kappa shape index (κ1) is 18.0. The lowest BCUT2D eigenvalue weighted by atomic mass is 10.3. The van der Waals surface area contributed by atoms with Crippen LogP contribution in [0.25, 0.3) is 0 Å². The Morgan fingerprint density at radius 2 is 1.92 bits per heavy atom. The number of carbonyl (C=O) groups excluding carboxylic acids is 1. The monoisotopic (exact) mass is 353 g/mol. The topological polar surface area (TPSA) is 90.7 Å². The Balaban J connectivity index is 2.32. The fraction of sp³-hybridized carbons (Fsp3) is 0.333. The summed E-state index contributed by atoms with van der Waals surface area (Å²) in [6.45, 7) is 1.78. The summed E-state index contributed by atoms with van der Waals surface area (Å²) < 4.78 is 36.7. The van der Waals surface area contributed by atoms with Crippen LogP contribution in [0.3, 0.4) is 0 Å². The molecular formula is C15H19N3O5S. The molecule has 0 aliphatic rings. The largest absolute Gasteiger partial charge is 0.487 e. The molecule has 0 saturated carbocycles.